The zero-order chi connectivity index (χ0) is 13.9. The van der Waals surface area contributed by atoms with Crippen molar-refractivity contribution in [1.29, 1.82) is 0 Å². The van der Waals surface area contributed by atoms with E-state index in [1.165, 1.54) is 18.4 Å². The summed E-state index contributed by atoms with van der Waals surface area (Å²) in [6.45, 7) is 7.05. The van der Waals surface area contributed by atoms with Gasteiger partial charge >= 0.3 is 0 Å². The van der Waals surface area contributed by atoms with Crippen LogP contribution in [0.15, 0.2) is 18.3 Å². The molecule has 1 aromatic heterocycles. The number of β-amino-alcohol motifs (C(OH)–C–C–N with tert-alkyl or cyclic N) is 1. The molecule has 2 atom stereocenters. The predicted molar refractivity (Wildman–Crippen MR) is 79.5 cm³/mol. The fourth-order valence-corrected chi connectivity index (χ4v) is 3.40. The maximum atomic E-state index is 10.3. The number of rotatable bonds is 4. The summed E-state index contributed by atoms with van der Waals surface area (Å²) < 4.78 is 0. The van der Waals surface area contributed by atoms with Gasteiger partial charge in [0.15, 0.2) is 0 Å². The Morgan fingerprint density at radius 3 is 2.70 bits per heavy atom. The van der Waals surface area contributed by atoms with E-state index in [0.29, 0.717) is 6.04 Å². The Labute approximate surface area is 121 Å². The largest absolute Gasteiger partial charge is 0.390 e. The highest BCUT2D eigenvalue weighted by Gasteiger charge is 2.36. The number of hydrogen-bond donors (Lipinski definition) is 1. The number of aliphatic hydroxyl groups excluding tert-OH is 1. The van der Waals surface area contributed by atoms with Gasteiger partial charge in [-0.1, -0.05) is 13.0 Å². The van der Waals surface area contributed by atoms with Crippen LogP contribution in [0.2, 0.25) is 0 Å². The molecule has 0 saturated carbocycles. The SMILES string of the molecule is CCc1ccc(CN2C[C@H](O)[C@@H](N3CCCC3)C2)nc1. The van der Waals surface area contributed by atoms with Crippen molar-refractivity contribution in [3.63, 3.8) is 0 Å². The summed E-state index contributed by atoms with van der Waals surface area (Å²) in [6.07, 6.45) is 5.36. The Kier molecular flexibility index (Phi) is 4.34. The molecular formula is C16H25N3O. The van der Waals surface area contributed by atoms with Crippen LogP contribution in [-0.2, 0) is 13.0 Å². The maximum Gasteiger partial charge on any atom is 0.0834 e. The minimum absolute atomic E-state index is 0.206. The summed E-state index contributed by atoms with van der Waals surface area (Å²) in [4.78, 5) is 9.32. The number of aryl methyl sites for hydroxylation is 1. The van der Waals surface area contributed by atoms with Crippen molar-refractivity contribution in [1.82, 2.24) is 14.8 Å². The van der Waals surface area contributed by atoms with E-state index in [4.69, 9.17) is 0 Å². The van der Waals surface area contributed by atoms with E-state index in [2.05, 4.69) is 33.8 Å². The number of aromatic nitrogens is 1. The van der Waals surface area contributed by atoms with Crippen LogP contribution in [-0.4, -0.2) is 58.2 Å². The molecule has 110 valence electrons. The van der Waals surface area contributed by atoms with Crippen molar-refractivity contribution in [3.05, 3.63) is 29.6 Å². The molecule has 0 amide bonds. The van der Waals surface area contributed by atoms with E-state index in [1.54, 1.807) is 0 Å². The second-order valence-corrected chi connectivity index (χ2v) is 6.08. The Morgan fingerprint density at radius 2 is 2.05 bits per heavy atom. The van der Waals surface area contributed by atoms with E-state index < -0.39 is 0 Å². The lowest BCUT2D eigenvalue weighted by Crippen LogP contribution is -2.41. The van der Waals surface area contributed by atoms with Gasteiger partial charge in [0.2, 0.25) is 0 Å². The van der Waals surface area contributed by atoms with Crippen LogP contribution in [0, 0.1) is 0 Å². The van der Waals surface area contributed by atoms with Crippen LogP contribution in [0.5, 0.6) is 0 Å². The highest BCUT2D eigenvalue weighted by Crippen LogP contribution is 2.22. The normalized spacial score (nSPS) is 28.3. The van der Waals surface area contributed by atoms with E-state index >= 15 is 0 Å². The third-order valence-corrected chi connectivity index (χ3v) is 4.62. The molecule has 2 aliphatic rings. The molecule has 4 heteroatoms. The average molecular weight is 275 g/mol. The van der Waals surface area contributed by atoms with Gasteiger partial charge in [0.25, 0.3) is 0 Å². The van der Waals surface area contributed by atoms with Crippen LogP contribution in [0.3, 0.4) is 0 Å². The third-order valence-electron chi connectivity index (χ3n) is 4.62. The second-order valence-electron chi connectivity index (χ2n) is 6.08. The van der Waals surface area contributed by atoms with Crippen molar-refractivity contribution < 1.29 is 5.11 Å². The van der Waals surface area contributed by atoms with Crippen molar-refractivity contribution in [2.75, 3.05) is 26.2 Å². The van der Waals surface area contributed by atoms with Crippen LogP contribution in [0.1, 0.15) is 31.0 Å². The molecule has 2 saturated heterocycles. The molecule has 0 aliphatic carbocycles. The summed E-state index contributed by atoms with van der Waals surface area (Å²) in [5, 5.41) is 10.3. The lowest BCUT2D eigenvalue weighted by Gasteiger charge is -2.25. The van der Waals surface area contributed by atoms with E-state index in [0.717, 1.165) is 44.8 Å². The molecule has 0 unspecified atom stereocenters. The standard InChI is InChI=1S/C16H25N3O/c1-2-13-5-6-14(17-9-13)10-18-11-15(16(20)12-18)19-7-3-4-8-19/h5-6,9,15-16,20H,2-4,7-8,10-12H2,1H3/t15-,16-/m0/s1. The Bertz CT molecular complexity index is 428. The first-order valence-corrected chi connectivity index (χ1v) is 7.84. The highest BCUT2D eigenvalue weighted by atomic mass is 16.3. The average Bonchev–Trinajstić information content (AvgIpc) is 3.09. The van der Waals surface area contributed by atoms with Gasteiger partial charge in [0, 0.05) is 31.9 Å². The van der Waals surface area contributed by atoms with Crippen molar-refractivity contribution in [3.8, 4) is 0 Å². The first-order chi connectivity index (χ1) is 9.76. The van der Waals surface area contributed by atoms with Gasteiger partial charge < -0.3 is 5.11 Å². The van der Waals surface area contributed by atoms with Crippen LogP contribution in [0.4, 0.5) is 0 Å². The highest BCUT2D eigenvalue weighted by molar-refractivity contribution is 5.14. The minimum atomic E-state index is -0.206. The first kappa shape index (κ1) is 14.0. The molecule has 2 aliphatic heterocycles. The molecule has 2 fully saturated rings. The van der Waals surface area contributed by atoms with E-state index in [9.17, 15) is 5.11 Å². The third kappa shape index (κ3) is 3.03. The van der Waals surface area contributed by atoms with Crippen molar-refractivity contribution >= 4 is 0 Å². The second kappa shape index (κ2) is 6.20. The molecule has 1 N–H and O–H groups in total. The van der Waals surface area contributed by atoms with Crippen LogP contribution < -0.4 is 0 Å². The van der Waals surface area contributed by atoms with Crippen LogP contribution >= 0.6 is 0 Å². The molecule has 3 rings (SSSR count). The molecule has 0 aromatic carbocycles. The lowest BCUT2D eigenvalue weighted by molar-refractivity contribution is 0.0978. The van der Waals surface area contributed by atoms with E-state index in [1.807, 2.05) is 6.20 Å². The van der Waals surface area contributed by atoms with Gasteiger partial charge in [-0.15, -0.1) is 0 Å². The van der Waals surface area contributed by atoms with Crippen molar-refractivity contribution in [2.24, 2.45) is 0 Å². The zero-order valence-corrected chi connectivity index (χ0v) is 12.3. The molecule has 4 nitrogen and oxygen atoms in total. The number of likely N-dealkylation sites (tertiary alicyclic amines) is 2. The summed E-state index contributed by atoms with van der Waals surface area (Å²) in [5.41, 5.74) is 2.39. The first-order valence-electron chi connectivity index (χ1n) is 7.84. The van der Waals surface area contributed by atoms with Gasteiger partial charge in [-0.05, 0) is 44.0 Å². The van der Waals surface area contributed by atoms with Crippen LogP contribution in [0.25, 0.3) is 0 Å². The quantitative estimate of drug-likeness (QED) is 0.899. The molecule has 1 aromatic rings. The lowest BCUT2D eigenvalue weighted by atomic mass is 10.2. The molecule has 0 radical (unpaired) electrons. The fourth-order valence-electron chi connectivity index (χ4n) is 3.40. The number of nitrogens with zero attached hydrogens (tertiary/aromatic N) is 3. The van der Waals surface area contributed by atoms with Gasteiger partial charge in [0.05, 0.1) is 11.8 Å². The molecule has 3 heterocycles. The maximum absolute atomic E-state index is 10.3. The topological polar surface area (TPSA) is 39.6 Å². The molecule has 0 spiro atoms. The van der Waals surface area contributed by atoms with Gasteiger partial charge in [-0.2, -0.15) is 0 Å². The number of aliphatic hydroxyl groups is 1. The summed E-state index contributed by atoms with van der Waals surface area (Å²) in [7, 11) is 0. The molecule has 20 heavy (non-hydrogen) atoms. The van der Waals surface area contributed by atoms with Gasteiger partial charge in [0.1, 0.15) is 0 Å². The molecule has 0 bridgehead atoms. The minimum Gasteiger partial charge on any atom is -0.390 e. The summed E-state index contributed by atoms with van der Waals surface area (Å²) in [5.74, 6) is 0. The fraction of sp³-hybridized carbons (Fsp3) is 0.688. The number of hydrogen-bond acceptors (Lipinski definition) is 4. The monoisotopic (exact) mass is 275 g/mol. The van der Waals surface area contributed by atoms with E-state index in [-0.39, 0.29) is 6.10 Å². The Morgan fingerprint density at radius 1 is 1.25 bits per heavy atom. The summed E-state index contributed by atoms with van der Waals surface area (Å²) >= 11 is 0. The summed E-state index contributed by atoms with van der Waals surface area (Å²) in [6, 6.07) is 4.61. The molecular weight excluding hydrogens is 250 g/mol. The Hall–Kier alpha value is -0.970. The van der Waals surface area contributed by atoms with Gasteiger partial charge in [-0.3, -0.25) is 14.8 Å². The zero-order valence-electron chi connectivity index (χ0n) is 12.3. The smallest absolute Gasteiger partial charge is 0.0834 e. The number of pyridine rings is 1. The van der Waals surface area contributed by atoms with Crippen molar-refractivity contribution in [2.45, 2.75) is 44.9 Å². The predicted octanol–water partition coefficient (Wildman–Crippen LogP) is 1.28. The van der Waals surface area contributed by atoms with Gasteiger partial charge in [-0.25, -0.2) is 0 Å². The Balaban J connectivity index is 1.58.